The van der Waals surface area contributed by atoms with Crippen LogP contribution < -0.4 is 9.21 Å². The van der Waals surface area contributed by atoms with Gasteiger partial charge in [-0.15, -0.1) is 23.2 Å². The van der Waals surface area contributed by atoms with Crippen LogP contribution in [0.25, 0.3) is 0 Å². The highest BCUT2D eigenvalue weighted by Crippen LogP contribution is 2.33. The topological polar surface area (TPSA) is 102 Å². The van der Waals surface area contributed by atoms with Crippen molar-refractivity contribution in [1.29, 1.82) is 0 Å². The normalized spacial score (nSPS) is 12.1. The Hall–Kier alpha value is -2.25. The minimum Gasteiger partial charge on any atom is -0.390 e. The van der Waals surface area contributed by atoms with Crippen molar-refractivity contribution in [3.8, 4) is 0 Å². The maximum absolute atomic E-state index is 13.3. The van der Waals surface area contributed by atoms with Gasteiger partial charge in [-0.2, -0.15) is 21.6 Å². The number of nitrogens with zero attached hydrogens (tertiary/aromatic N) is 5. The van der Waals surface area contributed by atoms with Crippen molar-refractivity contribution in [3.05, 3.63) is 46.3 Å². The smallest absolute Gasteiger partial charge is 0.390 e. The summed E-state index contributed by atoms with van der Waals surface area (Å²) < 4.78 is 65.4. The number of rotatable bonds is 10. The molecule has 0 saturated heterocycles. The van der Waals surface area contributed by atoms with E-state index >= 15 is 0 Å². The highest BCUT2D eigenvalue weighted by Gasteiger charge is 2.50. The van der Waals surface area contributed by atoms with E-state index in [1.54, 1.807) is 4.90 Å². The van der Waals surface area contributed by atoms with Gasteiger partial charge in [-0.1, -0.05) is 4.98 Å². The summed E-state index contributed by atoms with van der Waals surface area (Å²) in [4.78, 5) is 15.4. The van der Waals surface area contributed by atoms with Crippen LogP contribution in [0.2, 0.25) is 0 Å². The molecule has 0 radical (unpaired) electrons. The zero-order valence-corrected chi connectivity index (χ0v) is 18.4. The SMILES string of the molecule is Cn1c(CN(c2ccc(N(CCCl)CCCl)cc2)S(=O)(=O)C(F)(F)F)cnc1[N+](=O)[O-]. The summed E-state index contributed by atoms with van der Waals surface area (Å²) >= 11 is 11.5. The average Bonchev–Trinajstić information content (AvgIpc) is 3.05. The fourth-order valence-electron chi connectivity index (χ4n) is 2.74. The van der Waals surface area contributed by atoms with Gasteiger partial charge in [-0.05, 0) is 29.2 Å². The van der Waals surface area contributed by atoms with E-state index in [-0.39, 0.29) is 27.4 Å². The molecular formula is C16H18Cl2F3N5O4S. The van der Waals surface area contributed by atoms with Crippen molar-refractivity contribution >= 4 is 50.5 Å². The number of hydrogen-bond acceptors (Lipinski definition) is 6. The summed E-state index contributed by atoms with van der Waals surface area (Å²) in [6.07, 6.45) is 0.952. The number of benzene rings is 1. The lowest BCUT2D eigenvalue weighted by Crippen LogP contribution is -2.40. The van der Waals surface area contributed by atoms with Gasteiger partial charge in [-0.3, -0.25) is 4.31 Å². The molecule has 0 aliphatic heterocycles. The van der Waals surface area contributed by atoms with Gasteiger partial charge in [0.05, 0.1) is 19.3 Å². The van der Waals surface area contributed by atoms with Gasteiger partial charge in [0.15, 0.2) is 0 Å². The van der Waals surface area contributed by atoms with E-state index in [0.717, 1.165) is 10.8 Å². The molecule has 0 saturated carbocycles. The number of anilines is 2. The molecule has 0 amide bonds. The summed E-state index contributed by atoms with van der Waals surface area (Å²) in [5, 5.41) is 10.9. The Kier molecular flexibility index (Phi) is 8.00. The van der Waals surface area contributed by atoms with E-state index in [1.807, 2.05) is 0 Å². The van der Waals surface area contributed by atoms with Crippen molar-refractivity contribution in [3.63, 3.8) is 0 Å². The molecule has 1 aromatic heterocycles. The molecule has 0 bridgehead atoms. The Balaban J connectivity index is 2.48. The first-order valence-electron chi connectivity index (χ1n) is 8.65. The number of nitro groups is 1. The molecule has 31 heavy (non-hydrogen) atoms. The molecular weight excluding hydrogens is 486 g/mol. The standard InChI is InChI=1S/C16H18Cl2F3N5O4S/c1-23-14(10-22-15(23)26(27)28)11-25(31(29,30)16(19,20)21)13-4-2-12(3-5-13)24(8-6-17)9-7-18/h2-5,10H,6-9,11H2,1H3. The lowest BCUT2D eigenvalue weighted by atomic mass is 10.2. The minimum absolute atomic E-state index is 0.102. The van der Waals surface area contributed by atoms with Gasteiger partial charge >= 0.3 is 21.5 Å². The van der Waals surface area contributed by atoms with Crippen molar-refractivity contribution in [1.82, 2.24) is 9.55 Å². The fraction of sp³-hybridized carbons (Fsp3) is 0.438. The maximum atomic E-state index is 13.3. The molecule has 0 fully saturated rings. The minimum atomic E-state index is -5.80. The summed E-state index contributed by atoms with van der Waals surface area (Å²) in [5.74, 6) is -0.0635. The highest BCUT2D eigenvalue weighted by atomic mass is 35.5. The molecule has 0 atom stereocenters. The fourth-order valence-corrected chi connectivity index (χ4v) is 4.10. The van der Waals surface area contributed by atoms with Gasteiger partial charge in [0.25, 0.3) is 0 Å². The van der Waals surface area contributed by atoms with E-state index in [0.29, 0.717) is 18.8 Å². The van der Waals surface area contributed by atoms with Crippen LogP contribution in [0.1, 0.15) is 5.69 Å². The molecule has 0 aliphatic carbocycles. The number of aromatic nitrogens is 2. The van der Waals surface area contributed by atoms with Crippen LogP contribution in [0.3, 0.4) is 0 Å². The van der Waals surface area contributed by atoms with Crippen LogP contribution >= 0.6 is 23.2 Å². The number of halogens is 5. The van der Waals surface area contributed by atoms with Crippen LogP contribution in [-0.2, 0) is 23.6 Å². The Morgan fingerprint density at radius 2 is 1.65 bits per heavy atom. The van der Waals surface area contributed by atoms with Crippen molar-refractivity contribution in [2.24, 2.45) is 7.05 Å². The molecule has 1 heterocycles. The van der Waals surface area contributed by atoms with Gasteiger partial charge < -0.3 is 15.0 Å². The third-order valence-electron chi connectivity index (χ3n) is 4.32. The van der Waals surface area contributed by atoms with Gasteiger partial charge in [0.2, 0.25) is 0 Å². The van der Waals surface area contributed by atoms with Gasteiger partial charge in [0, 0.05) is 30.5 Å². The zero-order chi connectivity index (χ0) is 23.4. The molecule has 2 aromatic rings. The predicted molar refractivity (Wildman–Crippen MR) is 111 cm³/mol. The van der Waals surface area contributed by atoms with Crippen LogP contribution in [0.4, 0.5) is 30.5 Å². The van der Waals surface area contributed by atoms with Crippen LogP contribution in [0.15, 0.2) is 30.5 Å². The van der Waals surface area contributed by atoms with Crippen LogP contribution in [-0.4, -0.2) is 53.3 Å². The number of imidazole rings is 1. The lowest BCUT2D eigenvalue weighted by Gasteiger charge is -2.26. The third-order valence-corrected chi connectivity index (χ3v) is 6.17. The zero-order valence-electron chi connectivity index (χ0n) is 16.1. The number of hydrogen-bond donors (Lipinski definition) is 0. The molecule has 1 aromatic carbocycles. The van der Waals surface area contributed by atoms with Gasteiger partial charge in [0.1, 0.15) is 11.9 Å². The Morgan fingerprint density at radius 3 is 2.06 bits per heavy atom. The predicted octanol–water partition coefficient (Wildman–Crippen LogP) is 3.47. The Morgan fingerprint density at radius 1 is 1.13 bits per heavy atom. The first-order chi connectivity index (χ1) is 14.4. The first kappa shape index (κ1) is 25.0. The first-order valence-corrected chi connectivity index (χ1v) is 11.2. The summed E-state index contributed by atoms with van der Waals surface area (Å²) in [6.45, 7) is 0.0410. The van der Waals surface area contributed by atoms with Gasteiger partial charge in [-0.25, -0.2) is 4.57 Å². The second-order valence-electron chi connectivity index (χ2n) is 6.20. The second kappa shape index (κ2) is 9.92. The van der Waals surface area contributed by atoms with Crippen molar-refractivity contribution in [2.45, 2.75) is 12.1 Å². The lowest BCUT2D eigenvalue weighted by molar-refractivity contribution is -0.396. The van der Waals surface area contributed by atoms with Crippen LogP contribution in [0.5, 0.6) is 0 Å². The highest BCUT2D eigenvalue weighted by molar-refractivity contribution is 7.93. The van der Waals surface area contributed by atoms with Crippen molar-refractivity contribution in [2.75, 3.05) is 34.1 Å². The van der Waals surface area contributed by atoms with E-state index < -0.39 is 32.9 Å². The maximum Gasteiger partial charge on any atom is 0.516 e. The van der Waals surface area contributed by atoms with E-state index in [2.05, 4.69) is 4.98 Å². The molecule has 172 valence electrons. The Labute approximate surface area is 186 Å². The second-order valence-corrected chi connectivity index (χ2v) is 8.81. The molecule has 0 N–H and O–H groups in total. The van der Waals surface area contributed by atoms with Crippen molar-refractivity contribution < 1.29 is 26.5 Å². The summed E-state index contributed by atoms with van der Waals surface area (Å²) in [7, 11) is -4.60. The largest absolute Gasteiger partial charge is 0.516 e. The molecule has 15 heteroatoms. The van der Waals surface area contributed by atoms with E-state index in [4.69, 9.17) is 23.2 Å². The average molecular weight is 504 g/mol. The molecule has 2 rings (SSSR count). The third kappa shape index (κ3) is 5.52. The quantitative estimate of drug-likeness (QED) is 0.279. The Bertz CT molecular complexity index is 1010. The monoisotopic (exact) mass is 503 g/mol. The molecule has 0 unspecified atom stereocenters. The number of sulfonamides is 1. The molecule has 0 aliphatic rings. The number of alkyl halides is 5. The summed E-state index contributed by atoms with van der Waals surface area (Å²) in [6, 6.07) is 5.30. The molecule has 0 spiro atoms. The van der Waals surface area contributed by atoms with Crippen LogP contribution in [0, 0.1) is 10.1 Å². The summed E-state index contributed by atoms with van der Waals surface area (Å²) in [5.41, 5.74) is -5.37. The van der Waals surface area contributed by atoms with E-state index in [1.165, 1.54) is 31.3 Å². The van der Waals surface area contributed by atoms with E-state index in [9.17, 15) is 31.7 Å². The molecule has 9 nitrogen and oxygen atoms in total.